The summed E-state index contributed by atoms with van der Waals surface area (Å²) in [5, 5.41) is 3.33. The van der Waals surface area contributed by atoms with Gasteiger partial charge in [-0.25, -0.2) is 9.97 Å². The van der Waals surface area contributed by atoms with Crippen LogP contribution in [0.25, 0.3) is 11.3 Å². The minimum absolute atomic E-state index is 0. The third kappa shape index (κ3) is 6.09. The highest BCUT2D eigenvalue weighted by molar-refractivity contribution is 14.0. The first-order valence-electron chi connectivity index (χ1n) is 8.80. The summed E-state index contributed by atoms with van der Waals surface area (Å²) < 4.78 is 2.02. The van der Waals surface area contributed by atoms with E-state index in [-0.39, 0.29) is 24.0 Å². The molecule has 0 saturated carbocycles. The van der Waals surface area contributed by atoms with Crippen LogP contribution in [0.3, 0.4) is 0 Å². The molecule has 0 aliphatic heterocycles. The van der Waals surface area contributed by atoms with Crippen molar-refractivity contribution in [3.8, 4) is 11.3 Å². The molecule has 27 heavy (non-hydrogen) atoms. The summed E-state index contributed by atoms with van der Waals surface area (Å²) in [6.45, 7) is 5.04. The minimum atomic E-state index is 0. The van der Waals surface area contributed by atoms with Gasteiger partial charge in [0.25, 0.3) is 0 Å². The molecule has 0 radical (unpaired) electrons. The largest absolute Gasteiger partial charge is 0.357 e. The van der Waals surface area contributed by atoms with Gasteiger partial charge < -0.3 is 19.8 Å². The molecule has 0 aliphatic carbocycles. The van der Waals surface area contributed by atoms with Gasteiger partial charge in [0.2, 0.25) is 0 Å². The highest BCUT2D eigenvalue weighted by atomic mass is 127. The van der Waals surface area contributed by atoms with Crippen molar-refractivity contribution < 1.29 is 0 Å². The van der Waals surface area contributed by atoms with Gasteiger partial charge in [-0.15, -0.1) is 24.0 Å². The number of aromatic amines is 1. The van der Waals surface area contributed by atoms with E-state index in [1.165, 1.54) is 0 Å². The second kappa shape index (κ2) is 10.7. The highest BCUT2D eigenvalue weighted by Crippen LogP contribution is 2.16. The number of rotatable bonds is 7. The van der Waals surface area contributed by atoms with E-state index < -0.39 is 0 Å². The number of H-pyrrole nitrogens is 1. The van der Waals surface area contributed by atoms with Crippen LogP contribution in [0.15, 0.2) is 60.2 Å². The van der Waals surface area contributed by atoms with Gasteiger partial charge in [-0.3, -0.25) is 4.99 Å². The van der Waals surface area contributed by atoms with E-state index in [0.717, 1.165) is 36.1 Å². The number of nitrogens with one attached hydrogen (secondary N) is 2. The highest BCUT2D eigenvalue weighted by Gasteiger charge is 2.09. The number of nitrogens with zero attached hydrogens (tertiary/aromatic N) is 5. The van der Waals surface area contributed by atoms with Crippen molar-refractivity contribution in [3.05, 3.63) is 61.1 Å². The predicted octanol–water partition coefficient (Wildman–Crippen LogP) is 2.99. The van der Waals surface area contributed by atoms with Crippen LogP contribution in [0.4, 0.5) is 0 Å². The molecule has 1 aromatic carbocycles. The lowest BCUT2D eigenvalue weighted by atomic mass is 10.2. The topological polar surface area (TPSA) is 74.1 Å². The molecule has 0 atom stereocenters. The maximum Gasteiger partial charge on any atom is 0.194 e. The summed E-state index contributed by atoms with van der Waals surface area (Å²) in [6, 6.07) is 10.2. The number of benzene rings is 1. The second-order valence-electron chi connectivity index (χ2n) is 6.00. The predicted molar refractivity (Wildman–Crippen MR) is 119 cm³/mol. The maximum atomic E-state index is 4.69. The van der Waals surface area contributed by atoms with Crippen LogP contribution in [-0.4, -0.2) is 50.5 Å². The number of halogens is 1. The summed E-state index contributed by atoms with van der Waals surface area (Å²) in [5.74, 6) is 1.77. The van der Waals surface area contributed by atoms with Crippen LogP contribution < -0.4 is 5.32 Å². The zero-order valence-corrected chi connectivity index (χ0v) is 18.0. The maximum absolute atomic E-state index is 4.69. The number of aliphatic imine (C=N–C) groups is 1. The molecule has 0 bridgehead atoms. The fourth-order valence-electron chi connectivity index (χ4n) is 2.67. The summed E-state index contributed by atoms with van der Waals surface area (Å²) in [7, 11) is 2.02. The van der Waals surface area contributed by atoms with Crippen molar-refractivity contribution in [3.63, 3.8) is 0 Å². The third-order valence-electron chi connectivity index (χ3n) is 3.98. The van der Waals surface area contributed by atoms with Gasteiger partial charge in [-0.1, -0.05) is 30.3 Å². The molecule has 0 saturated heterocycles. The molecule has 8 heteroatoms. The number of hydrogen-bond donors (Lipinski definition) is 2. The average Bonchev–Trinajstić information content (AvgIpc) is 3.34. The first kappa shape index (κ1) is 20.9. The Morgan fingerprint density at radius 3 is 2.81 bits per heavy atom. The standard InChI is InChI=1S/C19H25N7.HI/c1-3-21-19(22-10-12-26-11-9-20-15-26)25(2)14-18-23-13-17(24-18)16-7-5-4-6-8-16;/h4-9,11,13,15H,3,10,12,14H2,1-2H3,(H,21,22)(H,23,24);1H. The molecule has 0 unspecified atom stereocenters. The lowest BCUT2D eigenvalue weighted by Gasteiger charge is -2.21. The Morgan fingerprint density at radius 2 is 2.11 bits per heavy atom. The van der Waals surface area contributed by atoms with E-state index in [2.05, 4.69) is 44.2 Å². The molecule has 3 aromatic rings. The van der Waals surface area contributed by atoms with Crippen LogP contribution in [0.1, 0.15) is 12.7 Å². The average molecular weight is 479 g/mol. The molecule has 0 amide bonds. The molecule has 7 nitrogen and oxygen atoms in total. The third-order valence-corrected chi connectivity index (χ3v) is 3.98. The zero-order chi connectivity index (χ0) is 18.2. The molecule has 0 spiro atoms. The van der Waals surface area contributed by atoms with Crippen molar-refractivity contribution in [2.24, 2.45) is 4.99 Å². The van der Waals surface area contributed by atoms with E-state index in [4.69, 9.17) is 4.99 Å². The lowest BCUT2D eigenvalue weighted by Crippen LogP contribution is -2.39. The quantitative estimate of drug-likeness (QED) is 0.311. The second-order valence-corrected chi connectivity index (χ2v) is 6.00. The Bertz CT molecular complexity index is 812. The van der Waals surface area contributed by atoms with Crippen LogP contribution in [0, 0.1) is 0 Å². The van der Waals surface area contributed by atoms with Gasteiger partial charge >= 0.3 is 0 Å². The summed E-state index contributed by atoms with van der Waals surface area (Å²) in [6.07, 6.45) is 7.41. The number of guanidine groups is 1. The number of imidazole rings is 2. The molecular weight excluding hydrogens is 453 g/mol. The normalized spacial score (nSPS) is 11.1. The van der Waals surface area contributed by atoms with Crippen molar-refractivity contribution in [1.82, 2.24) is 29.7 Å². The summed E-state index contributed by atoms with van der Waals surface area (Å²) in [5.41, 5.74) is 2.16. The van der Waals surface area contributed by atoms with E-state index in [0.29, 0.717) is 13.1 Å². The van der Waals surface area contributed by atoms with Gasteiger partial charge in [0.05, 0.1) is 31.3 Å². The van der Waals surface area contributed by atoms with Crippen LogP contribution in [0.5, 0.6) is 0 Å². The molecule has 2 heterocycles. The minimum Gasteiger partial charge on any atom is -0.357 e. The van der Waals surface area contributed by atoms with Crippen molar-refractivity contribution in [2.75, 3.05) is 20.1 Å². The Kier molecular flexibility index (Phi) is 8.31. The Balaban J connectivity index is 0.00000261. The molecule has 0 aliphatic rings. The smallest absolute Gasteiger partial charge is 0.194 e. The Hall–Kier alpha value is -2.36. The SMILES string of the molecule is CCNC(=NCCn1ccnc1)N(C)Cc1ncc(-c2ccccc2)[nH]1.I. The summed E-state index contributed by atoms with van der Waals surface area (Å²) in [4.78, 5) is 18.7. The Labute approximate surface area is 177 Å². The van der Waals surface area contributed by atoms with Crippen LogP contribution >= 0.6 is 24.0 Å². The van der Waals surface area contributed by atoms with Gasteiger partial charge in [0, 0.05) is 32.5 Å². The monoisotopic (exact) mass is 479 g/mol. The zero-order valence-electron chi connectivity index (χ0n) is 15.7. The van der Waals surface area contributed by atoms with Gasteiger partial charge in [0.15, 0.2) is 5.96 Å². The van der Waals surface area contributed by atoms with Gasteiger partial charge in [-0.05, 0) is 12.5 Å². The molecular formula is C19H26IN7. The lowest BCUT2D eigenvalue weighted by molar-refractivity contribution is 0.463. The molecule has 2 N–H and O–H groups in total. The number of aromatic nitrogens is 4. The summed E-state index contributed by atoms with van der Waals surface area (Å²) >= 11 is 0. The molecule has 2 aromatic heterocycles. The fourth-order valence-corrected chi connectivity index (χ4v) is 2.67. The van der Waals surface area contributed by atoms with Crippen molar-refractivity contribution in [1.29, 1.82) is 0 Å². The van der Waals surface area contributed by atoms with Crippen LogP contribution in [-0.2, 0) is 13.1 Å². The van der Waals surface area contributed by atoms with E-state index in [1.54, 1.807) is 12.5 Å². The number of hydrogen-bond acceptors (Lipinski definition) is 3. The van der Waals surface area contributed by atoms with E-state index >= 15 is 0 Å². The van der Waals surface area contributed by atoms with Crippen molar-refractivity contribution in [2.45, 2.75) is 20.0 Å². The first-order chi connectivity index (χ1) is 12.8. The molecule has 144 valence electrons. The molecule has 3 rings (SSSR count). The molecule has 0 fully saturated rings. The van der Waals surface area contributed by atoms with Crippen molar-refractivity contribution >= 4 is 29.9 Å². The Morgan fingerprint density at radius 1 is 1.30 bits per heavy atom. The van der Waals surface area contributed by atoms with Crippen LogP contribution in [0.2, 0.25) is 0 Å². The van der Waals surface area contributed by atoms with E-state index in [9.17, 15) is 0 Å². The first-order valence-corrected chi connectivity index (χ1v) is 8.80. The van der Waals surface area contributed by atoms with E-state index in [1.807, 2.05) is 42.2 Å². The van der Waals surface area contributed by atoms with Gasteiger partial charge in [0.1, 0.15) is 5.82 Å². The fraction of sp³-hybridized carbons (Fsp3) is 0.316. The van der Waals surface area contributed by atoms with Gasteiger partial charge in [-0.2, -0.15) is 0 Å².